The number of methoxy groups -OCH3 is 1. The third kappa shape index (κ3) is 2.36. The largest absolute Gasteiger partial charge is 0.376 e. The van der Waals surface area contributed by atoms with Crippen molar-refractivity contribution in [3.63, 3.8) is 0 Å². The van der Waals surface area contributed by atoms with E-state index < -0.39 is 5.79 Å². The topological polar surface area (TPSA) is 36.9 Å². The molecule has 1 saturated carbocycles. The second-order valence-corrected chi connectivity index (χ2v) is 5.48. The molecule has 98 valence electrons. The first-order valence-electron chi connectivity index (χ1n) is 6.77. The van der Waals surface area contributed by atoms with Gasteiger partial charge in [-0.2, -0.15) is 0 Å². The summed E-state index contributed by atoms with van der Waals surface area (Å²) in [6, 6.07) is 0. The molecule has 0 aromatic carbocycles. The van der Waals surface area contributed by atoms with Gasteiger partial charge in [0.2, 0.25) is 0 Å². The molecule has 17 heavy (non-hydrogen) atoms. The summed E-state index contributed by atoms with van der Waals surface area (Å²) in [7, 11) is 1.71. The lowest BCUT2D eigenvalue weighted by molar-refractivity contribution is -0.275. The summed E-state index contributed by atoms with van der Waals surface area (Å²) in [4.78, 5) is 0. The second kappa shape index (κ2) is 4.84. The van der Waals surface area contributed by atoms with Gasteiger partial charge in [0, 0.05) is 13.5 Å². The van der Waals surface area contributed by atoms with E-state index in [1.165, 1.54) is 25.7 Å². The fourth-order valence-corrected chi connectivity index (χ4v) is 3.12. The highest BCUT2D eigenvalue weighted by Crippen LogP contribution is 2.39. The molecular weight excluding hydrogens is 220 g/mol. The summed E-state index contributed by atoms with van der Waals surface area (Å²) < 4.78 is 22.9. The van der Waals surface area contributed by atoms with Gasteiger partial charge >= 0.3 is 0 Å². The zero-order chi connectivity index (χ0) is 11.7. The van der Waals surface area contributed by atoms with Gasteiger partial charge in [-0.3, -0.25) is 0 Å². The third-order valence-corrected chi connectivity index (χ3v) is 4.27. The Morgan fingerprint density at radius 3 is 2.82 bits per heavy atom. The van der Waals surface area contributed by atoms with Crippen LogP contribution in [0.1, 0.15) is 38.5 Å². The van der Waals surface area contributed by atoms with Gasteiger partial charge in [0.15, 0.2) is 12.1 Å². The molecule has 3 fully saturated rings. The van der Waals surface area contributed by atoms with Crippen molar-refractivity contribution in [2.45, 2.75) is 56.7 Å². The van der Waals surface area contributed by atoms with Gasteiger partial charge in [0.05, 0.1) is 6.61 Å². The summed E-state index contributed by atoms with van der Waals surface area (Å²) in [5.74, 6) is 0.259. The zero-order valence-electron chi connectivity index (χ0n) is 10.5. The van der Waals surface area contributed by atoms with Crippen molar-refractivity contribution < 1.29 is 18.9 Å². The molecule has 1 aliphatic carbocycles. The predicted molar refractivity (Wildman–Crippen MR) is 61.5 cm³/mol. The first kappa shape index (κ1) is 11.9. The molecule has 3 atom stereocenters. The Kier molecular flexibility index (Phi) is 3.39. The van der Waals surface area contributed by atoms with Gasteiger partial charge in [-0.05, 0) is 25.2 Å². The van der Waals surface area contributed by atoms with E-state index in [1.807, 2.05) is 0 Å². The highest BCUT2D eigenvalue weighted by atomic mass is 16.8. The lowest BCUT2D eigenvalue weighted by atomic mass is 10.0. The number of rotatable bonds is 4. The molecule has 4 heteroatoms. The Balaban J connectivity index is 1.53. The van der Waals surface area contributed by atoms with Crippen molar-refractivity contribution in [1.82, 2.24) is 0 Å². The molecule has 0 amide bonds. The normalized spacial score (nSPS) is 42.2. The average molecular weight is 242 g/mol. The molecule has 2 saturated heterocycles. The van der Waals surface area contributed by atoms with E-state index in [0.29, 0.717) is 6.61 Å². The Bertz CT molecular complexity index is 264. The van der Waals surface area contributed by atoms with Crippen molar-refractivity contribution in [3.8, 4) is 0 Å². The van der Waals surface area contributed by atoms with Crippen molar-refractivity contribution in [1.29, 1.82) is 0 Å². The van der Waals surface area contributed by atoms with E-state index >= 15 is 0 Å². The van der Waals surface area contributed by atoms with E-state index in [4.69, 9.17) is 18.9 Å². The monoisotopic (exact) mass is 242 g/mol. The minimum Gasteiger partial charge on any atom is -0.376 e. The van der Waals surface area contributed by atoms with Crippen LogP contribution in [0.25, 0.3) is 0 Å². The highest BCUT2D eigenvalue weighted by molar-refractivity contribution is 4.86. The fourth-order valence-electron chi connectivity index (χ4n) is 3.12. The fraction of sp³-hybridized carbons (Fsp3) is 1.00. The van der Waals surface area contributed by atoms with Crippen LogP contribution in [0, 0.1) is 5.92 Å². The highest BCUT2D eigenvalue weighted by Gasteiger charge is 2.50. The number of hydrogen-bond donors (Lipinski definition) is 0. The molecule has 1 unspecified atom stereocenters. The molecule has 0 N–H and O–H groups in total. The standard InChI is InChI=1S/C13H22O4/c1-14-11-6-7-13(9-15-12(11)17-13)16-8-10-4-2-3-5-10/h10-12H,2-9H2,1H3/t11-,12?,13-/m1/s1. The minimum absolute atomic E-state index is 0.0701. The van der Waals surface area contributed by atoms with Crippen molar-refractivity contribution in [3.05, 3.63) is 0 Å². The average Bonchev–Trinajstić information content (AvgIpc) is 2.97. The lowest BCUT2D eigenvalue weighted by Crippen LogP contribution is -2.44. The maximum Gasteiger partial charge on any atom is 0.195 e. The first-order valence-corrected chi connectivity index (χ1v) is 6.77. The van der Waals surface area contributed by atoms with E-state index in [9.17, 15) is 0 Å². The maximum atomic E-state index is 6.04. The molecule has 2 heterocycles. The molecule has 0 spiro atoms. The Hall–Kier alpha value is -0.160. The van der Waals surface area contributed by atoms with Crippen LogP contribution >= 0.6 is 0 Å². The maximum absolute atomic E-state index is 6.04. The summed E-state index contributed by atoms with van der Waals surface area (Å²) >= 11 is 0. The smallest absolute Gasteiger partial charge is 0.195 e. The predicted octanol–water partition coefficient (Wildman–Crippen LogP) is 2.07. The lowest BCUT2D eigenvalue weighted by Gasteiger charge is -2.35. The Labute approximate surface area is 103 Å². The van der Waals surface area contributed by atoms with Gasteiger partial charge in [0.1, 0.15) is 12.7 Å². The zero-order valence-corrected chi connectivity index (χ0v) is 10.5. The summed E-state index contributed by atoms with van der Waals surface area (Å²) in [5.41, 5.74) is 0. The van der Waals surface area contributed by atoms with E-state index in [2.05, 4.69) is 0 Å². The first-order chi connectivity index (χ1) is 8.31. The van der Waals surface area contributed by atoms with Gasteiger partial charge in [-0.25, -0.2) is 0 Å². The van der Waals surface area contributed by atoms with Crippen LogP contribution in [0.3, 0.4) is 0 Å². The SMILES string of the molecule is CO[C@@H]1CC[C@]2(OCC3CCCC3)COC1O2. The van der Waals surface area contributed by atoms with Gasteiger partial charge < -0.3 is 18.9 Å². The molecule has 4 nitrogen and oxygen atoms in total. The van der Waals surface area contributed by atoms with Gasteiger partial charge in [-0.1, -0.05) is 12.8 Å². The Morgan fingerprint density at radius 1 is 1.24 bits per heavy atom. The molecule has 0 radical (unpaired) electrons. The number of ether oxygens (including phenoxy) is 4. The molecule has 0 aromatic rings. The number of hydrogen-bond acceptors (Lipinski definition) is 4. The van der Waals surface area contributed by atoms with Crippen LogP contribution in [0.4, 0.5) is 0 Å². The molecule has 2 bridgehead atoms. The van der Waals surface area contributed by atoms with Gasteiger partial charge in [-0.15, -0.1) is 0 Å². The molecular formula is C13H22O4. The molecule has 0 aromatic heterocycles. The summed E-state index contributed by atoms with van der Waals surface area (Å²) in [5, 5.41) is 0. The van der Waals surface area contributed by atoms with Crippen molar-refractivity contribution >= 4 is 0 Å². The molecule has 3 rings (SSSR count). The van der Waals surface area contributed by atoms with E-state index in [0.717, 1.165) is 25.4 Å². The van der Waals surface area contributed by atoms with Crippen molar-refractivity contribution in [2.75, 3.05) is 20.3 Å². The third-order valence-electron chi connectivity index (χ3n) is 4.27. The molecule has 3 aliphatic rings. The van der Waals surface area contributed by atoms with Crippen LogP contribution in [0.2, 0.25) is 0 Å². The van der Waals surface area contributed by atoms with E-state index in [1.54, 1.807) is 7.11 Å². The second-order valence-electron chi connectivity index (χ2n) is 5.48. The minimum atomic E-state index is -0.470. The summed E-state index contributed by atoms with van der Waals surface area (Å²) in [6.45, 7) is 1.39. The van der Waals surface area contributed by atoms with E-state index in [-0.39, 0.29) is 12.4 Å². The van der Waals surface area contributed by atoms with Crippen LogP contribution in [0.5, 0.6) is 0 Å². The van der Waals surface area contributed by atoms with Crippen LogP contribution in [0.15, 0.2) is 0 Å². The van der Waals surface area contributed by atoms with Crippen LogP contribution in [-0.4, -0.2) is 38.5 Å². The summed E-state index contributed by atoms with van der Waals surface area (Å²) in [6.07, 6.45) is 7.01. The van der Waals surface area contributed by atoms with Crippen LogP contribution < -0.4 is 0 Å². The van der Waals surface area contributed by atoms with Crippen LogP contribution in [-0.2, 0) is 18.9 Å². The quantitative estimate of drug-likeness (QED) is 0.756. The van der Waals surface area contributed by atoms with Gasteiger partial charge in [0.25, 0.3) is 0 Å². The number of fused-ring (bicyclic) bond motifs is 2. The van der Waals surface area contributed by atoms with Crippen molar-refractivity contribution in [2.24, 2.45) is 5.92 Å². The Morgan fingerprint density at radius 2 is 2.06 bits per heavy atom. The molecule has 2 aliphatic heterocycles.